The molecule has 2 heterocycles. The van der Waals surface area contributed by atoms with Gasteiger partial charge in [-0.1, -0.05) is 83.6 Å². The summed E-state index contributed by atoms with van der Waals surface area (Å²) in [6.45, 7) is 3.79. The predicted octanol–water partition coefficient (Wildman–Crippen LogP) is 3.38. The Balaban J connectivity index is 1.88. The number of carbonyl (C=O) groups is 1. The molecule has 156 valence electrons. The zero-order valence-corrected chi connectivity index (χ0v) is 18.3. The number of esters is 1. The van der Waals surface area contributed by atoms with Crippen molar-refractivity contribution < 1.29 is 9.53 Å². The first-order valence-electron chi connectivity index (χ1n) is 9.88. The molecule has 1 atom stereocenters. The Hall–Kier alpha value is -3.51. The third kappa shape index (κ3) is 4.20. The van der Waals surface area contributed by atoms with Crippen LogP contribution in [0.3, 0.4) is 0 Å². The number of benzene rings is 2. The fourth-order valence-electron chi connectivity index (χ4n) is 3.50. The minimum atomic E-state index is -0.593. The van der Waals surface area contributed by atoms with Crippen LogP contribution in [-0.2, 0) is 9.53 Å². The number of hydrogen-bond donors (Lipinski definition) is 0. The lowest BCUT2D eigenvalue weighted by Crippen LogP contribution is -2.38. The summed E-state index contributed by atoms with van der Waals surface area (Å²) in [5, 5.41) is 0. The number of hydrogen-bond acceptors (Lipinski definition) is 5. The van der Waals surface area contributed by atoms with Gasteiger partial charge in [-0.05, 0) is 31.1 Å². The Morgan fingerprint density at radius 2 is 1.77 bits per heavy atom. The fourth-order valence-corrected chi connectivity index (χ4v) is 4.55. The Kier molecular flexibility index (Phi) is 5.82. The number of aryl methyl sites for hydroxylation is 1. The first-order chi connectivity index (χ1) is 15.0. The van der Waals surface area contributed by atoms with Crippen LogP contribution >= 0.6 is 11.3 Å². The molecule has 4 rings (SSSR count). The molecule has 3 aromatic rings. The van der Waals surface area contributed by atoms with Gasteiger partial charge in [0.1, 0.15) is 0 Å². The molecule has 31 heavy (non-hydrogen) atoms. The van der Waals surface area contributed by atoms with Crippen molar-refractivity contribution in [2.75, 3.05) is 7.11 Å². The highest BCUT2D eigenvalue weighted by Crippen LogP contribution is 2.26. The smallest absolute Gasteiger partial charge is 0.338 e. The molecule has 1 aliphatic rings. The van der Waals surface area contributed by atoms with E-state index < -0.39 is 12.0 Å². The highest BCUT2D eigenvalue weighted by molar-refractivity contribution is 7.07. The van der Waals surface area contributed by atoms with E-state index in [2.05, 4.69) is 4.99 Å². The molecule has 0 radical (unpaired) electrons. The summed E-state index contributed by atoms with van der Waals surface area (Å²) in [6, 6.07) is 17.1. The molecular weight excluding hydrogens is 408 g/mol. The summed E-state index contributed by atoms with van der Waals surface area (Å²) in [6.07, 6.45) is 5.62. The molecule has 1 aromatic heterocycles. The van der Waals surface area contributed by atoms with Crippen molar-refractivity contribution in [3.8, 4) is 0 Å². The van der Waals surface area contributed by atoms with Gasteiger partial charge >= 0.3 is 5.97 Å². The van der Waals surface area contributed by atoms with Crippen molar-refractivity contribution in [3.05, 3.63) is 108 Å². The third-order valence-corrected chi connectivity index (χ3v) is 6.10. The molecule has 0 saturated heterocycles. The van der Waals surface area contributed by atoms with Crippen molar-refractivity contribution in [1.82, 2.24) is 4.57 Å². The maximum absolute atomic E-state index is 13.3. The second-order valence-electron chi connectivity index (χ2n) is 7.30. The number of carbonyl (C=O) groups excluding carboxylic acids is 1. The normalized spacial score (nSPS) is 16.4. The monoisotopic (exact) mass is 430 g/mol. The molecule has 0 bridgehead atoms. The summed E-state index contributed by atoms with van der Waals surface area (Å²) >= 11 is 1.32. The van der Waals surface area contributed by atoms with Gasteiger partial charge < -0.3 is 4.74 Å². The van der Waals surface area contributed by atoms with Crippen LogP contribution in [0, 0.1) is 6.92 Å². The van der Waals surface area contributed by atoms with E-state index in [9.17, 15) is 9.59 Å². The van der Waals surface area contributed by atoms with Gasteiger partial charge in [0.05, 0.1) is 29.0 Å². The zero-order valence-electron chi connectivity index (χ0n) is 17.5. The van der Waals surface area contributed by atoms with Crippen LogP contribution in [-0.4, -0.2) is 17.6 Å². The number of aromatic nitrogens is 1. The molecule has 0 spiro atoms. The molecule has 0 amide bonds. The minimum Gasteiger partial charge on any atom is -0.466 e. The molecule has 0 aliphatic carbocycles. The predicted molar refractivity (Wildman–Crippen MR) is 123 cm³/mol. The minimum absolute atomic E-state index is 0.180. The average Bonchev–Trinajstić information content (AvgIpc) is 3.08. The first-order valence-corrected chi connectivity index (χ1v) is 10.7. The SMILES string of the molecule is COC(=O)C1=C(C)N=c2s/c(=C\c3ccc(C)cc3)c(=O)n2[C@H]1C=Cc1ccccc1. The summed E-state index contributed by atoms with van der Waals surface area (Å²) in [5.41, 5.74) is 3.81. The zero-order chi connectivity index (χ0) is 22.0. The highest BCUT2D eigenvalue weighted by atomic mass is 32.1. The number of methoxy groups -OCH3 is 1. The number of fused-ring (bicyclic) bond motifs is 1. The average molecular weight is 431 g/mol. The summed E-state index contributed by atoms with van der Waals surface area (Å²) in [7, 11) is 1.34. The first kappa shape index (κ1) is 20.8. The third-order valence-electron chi connectivity index (χ3n) is 5.11. The van der Waals surface area contributed by atoms with Crippen LogP contribution in [0.5, 0.6) is 0 Å². The van der Waals surface area contributed by atoms with E-state index in [1.165, 1.54) is 18.4 Å². The van der Waals surface area contributed by atoms with Crippen LogP contribution in [0.1, 0.15) is 29.7 Å². The molecule has 0 N–H and O–H groups in total. The van der Waals surface area contributed by atoms with Crippen molar-refractivity contribution in [2.24, 2.45) is 4.99 Å². The van der Waals surface area contributed by atoms with Gasteiger partial charge in [-0.15, -0.1) is 0 Å². The summed E-state index contributed by atoms with van der Waals surface area (Å²) < 4.78 is 7.14. The lowest BCUT2D eigenvalue weighted by atomic mass is 10.0. The maximum atomic E-state index is 13.3. The lowest BCUT2D eigenvalue weighted by Gasteiger charge is -2.21. The molecule has 2 aromatic carbocycles. The van der Waals surface area contributed by atoms with Crippen LogP contribution in [0.4, 0.5) is 0 Å². The molecule has 0 saturated carbocycles. The van der Waals surface area contributed by atoms with Gasteiger partial charge in [0.15, 0.2) is 4.80 Å². The van der Waals surface area contributed by atoms with Crippen molar-refractivity contribution in [3.63, 3.8) is 0 Å². The van der Waals surface area contributed by atoms with Crippen molar-refractivity contribution >= 4 is 29.5 Å². The number of nitrogens with zero attached hydrogens (tertiary/aromatic N) is 2. The van der Waals surface area contributed by atoms with Crippen LogP contribution in [0.15, 0.2) is 81.7 Å². The number of rotatable bonds is 4. The highest BCUT2D eigenvalue weighted by Gasteiger charge is 2.29. The molecule has 0 fully saturated rings. The van der Waals surface area contributed by atoms with Gasteiger partial charge in [0.2, 0.25) is 0 Å². The summed E-state index contributed by atoms with van der Waals surface area (Å²) in [5.74, 6) is -0.489. The number of thiazole rings is 1. The second kappa shape index (κ2) is 8.70. The van der Waals surface area contributed by atoms with Crippen LogP contribution < -0.4 is 14.9 Å². The van der Waals surface area contributed by atoms with Gasteiger partial charge in [0.25, 0.3) is 5.56 Å². The fraction of sp³-hybridized carbons (Fsp3) is 0.160. The maximum Gasteiger partial charge on any atom is 0.338 e. The van der Waals surface area contributed by atoms with Gasteiger partial charge in [-0.25, -0.2) is 9.79 Å². The van der Waals surface area contributed by atoms with E-state index in [1.807, 2.05) is 79.7 Å². The van der Waals surface area contributed by atoms with E-state index in [-0.39, 0.29) is 5.56 Å². The largest absolute Gasteiger partial charge is 0.466 e. The topological polar surface area (TPSA) is 60.7 Å². The lowest BCUT2D eigenvalue weighted by molar-refractivity contribution is -0.136. The number of ether oxygens (including phenoxy) is 1. The van der Waals surface area contributed by atoms with Crippen molar-refractivity contribution in [2.45, 2.75) is 19.9 Å². The Morgan fingerprint density at radius 1 is 1.06 bits per heavy atom. The van der Waals surface area contributed by atoms with Crippen LogP contribution in [0.25, 0.3) is 12.2 Å². The van der Waals surface area contributed by atoms with Gasteiger partial charge in [0, 0.05) is 0 Å². The van der Waals surface area contributed by atoms with E-state index >= 15 is 0 Å². The Morgan fingerprint density at radius 3 is 2.45 bits per heavy atom. The summed E-state index contributed by atoms with van der Waals surface area (Å²) in [4.78, 5) is 31.0. The van der Waals surface area contributed by atoms with E-state index in [0.717, 1.165) is 16.7 Å². The standard InChI is InChI=1S/C25H22N2O3S/c1-16-9-11-19(12-10-16)15-21-23(28)27-20(14-13-18-7-5-4-6-8-18)22(24(29)30-3)17(2)26-25(27)31-21/h4-15,20H,1-3H3/b14-13?,21-15-/t20-/m0/s1. The molecule has 5 nitrogen and oxygen atoms in total. The number of allylic oxidation sites excluding steroid dienone is 2. The molecule has 6 heteroatoms. The van der Waals surface area contributed by atoms with Crippen molar-refractivity contribution in [1.29, 1.82) is 0 Å². The Labute approximate surface area is 184 Å². The molecular formula is C25H22N2O3S. The molecule has 0 unspecified atom stereocenters. The second-order valence-corrected chi connectivity index (χ2v) is 8.31. The van der Waals surface area contributed by atoms with Crippen LogP contribution in [0.2, 0.25) is 0 Å². The molecule has 1 aliphatic heterocycles. The van der Waals surface area contributed by atoms with E-state index in [1.54, 1.807) is 11.5 Å². The van der Waals surface area contributed by atoms with Gasteiger partial charge in [-0.2, -0.15) is 0 Å². The van der Waals surface area contributed by atoms with Gasteiger partial charge in [-0.3, -0.25) is 9.36 Å². The quantitative estimate of drug-likeness (QED) is 0.596. The van der Waals surface area contributed by atoms with E-state index in [4.69, 9.17) is 4.74 Å². The Bertz CT molecular complexity index is 1360. The van der Waals surface area contributed by atoms with E-state index in [0.29, 0.717) is 20.6 Å².